The predicted octanol–water partition coefficient (Wildman–Crippen LogP) is 2.40. The SMILES string of the molecule is CCNC(=NCc1nncn1-c1ccccc1)NC1CCCC(S(=O)CC)C1. The molecule has 0 bridgehead atoms. The number of nitrogens with zero attached hydrogens (tertiary/aromatic N) is 4. The van der Waals surface area contributed by atoms with Gasteiger partial charge in [0.15, 0.2) is 11.8 Å². The Labute approximate surface area is 169 Å². The minimum Gasteiger partial charge on any atom is -0.357 e. The predicted molar refractivity (Wildman–Crippen MR) is 114 cm³/mol. The molecule has 0 saturated heterocycles. The summed E-state index contributed by atoms with van der Waals surface area (Å²) in [6.07, 6.45) is 5.90. The van der Waals surface area contributed by atoms with Crippen LogP contribution in [0.3, 0.4) is 0 Å². The van der Waals surface area contributed by atoms with Gasteiger partial charge in [0, 0.05) is 40.1 Å². The molecule has 3 unspecified atom stereocenters. The van der Waals surface area contributed by atoms with Gasteiger partial charge >= 0.3 is 0 Å². The highest BCUT2D eigenvalue weighted by Gasteiger charge is 2.26. The summed E-state index contributed by atoms with van der Waals surface area (Å²) in [4.78, 5) is 4.72. The van der Waals surface area contributed by atoms with Crippen molar-refractivity contribution in [3.05, 3.63) is 42.5 Å². The molecular formula is C20H30N6OS. The van der Waals surface area contributed by atoms with E-state index in [4.69, 9.17) is 4.99 Å². The van der Waals surface area contributed by atoms with Crippen molar-refractivity contribution in [2.75, 3.05) is 12.3 Å². The maximum absolute atomic E-state index is 12.2. The number of para-hydroxylation sites is 1. The Hall–Kier alpha value is -2.22. The topological polar surface area (TPSA) is 84.2 Å². The Morgan fingerprint density at radius 2 is 2.11 bits per heavy atom. The minimum absolute atomic E-state index is 0.292. The Kier molecular flexibility index (Phi) is 7.59. The van der Waals surface area contributed by atoms with E-state index in [1.54, 1.807) is 6.33 Å². The van der Waals surface area contributed by atoms with Crippen LogP contribution in [-0.4, -0.2) is 48.5 Å². The van der Waals surface area contributed by atoms with Gasteiger partial charge in [-0.2, -0.15) is 0 Å². The maximum Gasteiger partial charge on any atom is 0.191 e. The molecule has 1 aliphatic rings. The van der Waals surface area contributed by atoms with Gasteiger partial charge in [-0.3, -0.25) is 8.78 Å². The lowest BCUT2D eigenvalue weighted by Gasteiger charge is -2.30. The van der Waals surface area contributed by atoms with Gasteiger partial charge in [0.05, 0.1) is 0 Å². The molecule has 28 heavy (non-hydrogen) atoms. The molecule has 1 fully saturated rings. The second-order valence-corrected chi connectivity index (χ2v) is 8.95. The van der Waals surface area contributed by atoms with Gasteiger partial charge in [-0.15, -0.1) is 10.2 Å². The number of rotatable bonds is 7. The van der Waals surface area contributed by atoms with Crippen LogP contribution < -0.4 is 10.6 Å². The van der Waals surface area contributed by atoms with E-state index < -0.39 is 10.8 Å². The van der Waals surface area contributed by atoms with Gasteiger partial charge in [-0.25, -0.2) is 4.99 Å². The Morgan fingerprint density at radius 1 is 1.29 bits per heavy atom. The van der Waals surface area contributed by atoms with E-state index in [1.807, 2.05) is 41.8 Å². The smallest absolute Gasteiger partial charge is 0.191 e. The van der Waals surface area contributed by atoms with E-state index >= 15 is 0 Å². The first-order chi connectivity index (χ1) is 13.7. The normalized spacial score (nSPS) is 21.3. The van der Waals surface area contributed by atoms with Crippen LogP contribution in [0.4, 0.5) is 0 Å². The van der Waals surface area contributed by atoms with Crippen LogP contribution in [0.5, 0.6) is 0 Å². The summed E-state index contributed by atoms with van der Waals surface area (Å²) in [5.74, 6) is 2.30. The largest absolute Gasteiger partial charge is 0.357 e. The molecule has 1 aliphatic carbocycles. The second-order valence-electron chi connectivity index (χ2n) is 6.95. The zero-order valence-corrected chi connectivity index (χ0v) is 17.5. The molecule has 3 rings (SSSR count). The molecular weight excluding hydrogens is 372 g/mol. The molecule has 0 amide bonds. The van der Waals surface area contributed by atoms with Crippen LogP contribution in [-0.2, 0) is 17.3 Å². The monoisotopic (exact) mass is 402 g/mol. The number of aromatic nitrogens is 3. The summed E-state index contributed by atoms with van der Waals surface area (Å²) in [5.41, 5.74) is 1.02. The van der Waals surface area contributed by atoms with Gasteiger partial charge < -0.3 is 10.6 Å². The van der Waals surface area contributed by atoms with Crippen molar-refractivity contribution < 1.29 is 4.21 Å². The Bertz CT molecular complexity index is 791. The fraction of sp³-hybridized carbons (Fsp3) is 0.550. The van der Waals surface area contributed by atoms with Crippen molar-refractivity contribution in [1.82, 2.24) is 25.4 Å². The lowest BCUT2D eigenvalue weighted by atomic mass is 9.95. The van der Waals surface area contributed by atoms with Crippen LogP contribution in [0.2, 0.25) is 0 Å². The summed E-state index contributed by atoms with van der Waals surface area (Å²) < 4.78 is 14.1. The van der Waals surface area contributed by atoms with Crippen molar-refractivity contribution in [3.8, 4) is 5.69 Å². The van der Waals surface area contributed by atoms with Crippen molar-refractivity contribution >= 4 is 16.8 Å². The molecule has 2 aromatic rings. The minimum atomic E-state index is -0.727. The van der Waals surface area contributed by atoms with Crippen molar-refractivity contribution in [1.29, 1.82) is 0 Å². The maximum atomic E-state index is 12.2. The van der Waals surface area contributed by atoms with Crippen LogP contribution in [0.25, 0.3) is 5.69 Å². The highest BCUT2D eigenvalue weighted by Crippen LogP contribution is 2.23. The summed E-state index contributed by atoms with van der Waals surface area (Å²) in [6.45, 7) is 5.27. The first-order valence-electron chi connectivity index (χ1n) is 10.1. The van der Waals surface area contributed by atoms with Crippen LogP contribution in [0, 0.1) is 0 Å². The summed E-state index contributed by atoms with van der Waals surface area (Å²) in [7, 11) is -0.727. The van der Waals surface area contributed by atoms with Gasteiger partial charge in [-0.05, 0) is 38.3 Å². The number of benzene rings is 1. The van der Waals surface area contributed by atoms with E-state index in [-0.39, 0.29) is 0 Å². The standard InChI is InChI=1S/C20H30N6OS/c1-3-21-20(24-16-9-8-12-18(13-16)28(27)4-2)22-14-19-25-23-15-26(19)17-10-6-5-7-11-17/h5-7,10-11,15-16,18H,3-4,8-9,12-14H2,1-2H3,(H2,21,22,24). The van der Waals surface area contributed by atoms with E-state index in [9.17, 15) is 4.21 Å². The summed E-state index contributed by atoms with van der Waals surface area (Å²) in [6, 6.07) is 10.3. The fourth-order valence-corrected chi connectivity index (χ4v) is 4.93. The third-order valence-electron chi connectivity index (χ3n) is 5.00. The lowest BCUT2D eigenvalue weighted by Crippen LogP contribution is -2.46. The molecule has 1 aromatic heterocycles. The van der Waals surface area contributed by atoms with Crippen molar-refractivity contribution in [2.45, 2.75) is 57.4 Å². The zero-order valence-electron chi connectivity index (χ0n) is 16.7. The summed E-state index contributed by atoms with van der Waals surface area (Å²) in [5, 5.41) is 15.4. The van der Waals surface area contributed by atoms with Gasteiger partial charge in [0.25, 0.3) is 0 Å². The fourth-order valence-electron chi connectivity index (χ4n) is 3.58. The van der Waals surface area contributed by atoms with Gasteiger partial charge in [-0.1, -0.05) is 31.5 Å². The average molecular weight is 403 g/mol. The molecule has 152 valence electrons. The molecule has 0 aliphatic heterocycles. The lowest BCUT2D eigenvalue weighted by molar-refractivity contribution is 0.413. The number of nitrogens with one attached hydrogen (secondary N) is 2. The van der Waals surface area contributed by atoms with Gasteiger partial charge in [0.2, 0.25) is 0 Å². The van der Waals surface area contributed by atoms with Crippen LogP contribution in [0.1, 0.15) is 45.4 Å². The molecule has 1 saturated carbocycles. The van der Waals surface area contributed by atoms with E-state index in [0.717, 1.165) is 55.5 Å². The first-order valence-corrected chi connectivity index (χ1v) is 11.5. The van der Waals surface area contributed by atoms with Crippen molar-refractivity contribution in [3.63, 3.8) is 0 Å². The molecule has 3 atom stereocenters. The molecule has 7 nitrogen and oxygen atoms in total. The van der Waals surface area contributed by atoms with Crippen LogP contribution in [0.15, 0.2) is 41.7 Å². The molecule has 0 spiro atoms. The Morgan fingerprint density at radius 3 is 2.86 bits per heavy atom. The van der Waals surface area contributed by atoms with Gasteiger partial charge in [0.1, 0.15) is 12.9 Å². The van der Waals surface area contributed by atoms with E-state index in [2.05, 4.69) is 27.8 Å². The number of hydrogen-bond acceptors (Lipinski definition) is 4. The first kappa shape index (κ1) is 20.5. The Balaban J connectivity index is 1.67. The highest BCUT2D eigenvalue weighted by atomic mass is 32.2. The average Bonchev–Trinajstić information content (AvgIpc) is 3.21. The number of aliphatic imine (C=N–C) groups is 1. The third-order valence-corrected chi connectivity index (χ3v) is 6.74. The van der Waals surface area contributed by atoms with E-state index in [0.29, 0.717) is 17.8 Å². The van der Waals surface area contributed by atoms with Crippen LogP contribution >= 0.6 is 0 Å². The second kappa shape index (κ2) is 10.4. The molecule has 1 heterocycles. The number of guanidine groups is 1. The zero-order chi connectivity index (χ0) is 19.8. The van der Waals surface area contributed by atoms with E-state index in [1.165, 1.54) is 0 Å². The summed E-state index contributed by atoms with van der Waals surface area (Å²) >= 11 is 0. The quantitative estimate of drug-likeness (QED) is 0.549. The molecule has 2 N–H and O–H groups in total. The molecule has 0 radical (unpaired) electrons. The number of hydrogen-bond donors (Lipinski definition) is 2. The van der Waals surface area contributed by atoms with Crippen molar-refractivity contribution in [2.24, 2.45) is 4.99 Å². The third kappa shape index (κ3) is 5.41. The highest BCUT2D eigenvalue weighted by molar-refractivity contribution is 7.85. The molecule has 1 aromatic carbocycles. The molecule has 8 heteroatoms.